The SMILES string of the molecule is CCCCCCCCC/C=C\CCCCCCCCCC(=O)OCC(COP(=O)(O)OCCN)OC(=O)CCCCCCCCCCCCCCCCCCCCCCCCCCCCC/C=C\CCCCCCCCCC. The van der Waals surface area contributed by atoms with Crippen molar-refractivity contribution in [1.82, 2.24) is 0 Å². The highest BCUT2D eigenvalue weighted by atomic mass is 31.2. The number of hydrogen-bond donors (Lipinski definition) is 2. The van der Waals surface area contributed by atoms with E-state index in [4.69, 9.17) is 24.3 Å². The van der Waals surface area contributed by atoms with Gasteiger partial charge in [0.25, 0.3) is 0 Å². The van der Waals surface area contributed by atoms with Gasteiger partial charge in [-0.05, 0) is 64.2 Å². The van der Waals surface area contributed by atoms with Gasteiger partial charge in [0, 0.05) is 19.4 Å². The van der Waals surface area contributed by atoms with E-state index in [2.05, 4.69) is 38.2 Å². The summed E-state index contributed by atoms with van der Waals surface area (Å²) in [6.45, 7) is 3.80. The van der Waals surface area contributed by atoms with Crippen LogP contribution < -0.4 is 5.73 Å². The van der Waals surface area contributed by atoms with Crippen molar-refractivity contribution >= 4 is 19.8 Å². The molecular weight excluding hydrogens is 990 g/mol. The third kappa shape index (κ3) is 63.7. The predicted molar refractivity (Wildman–Crippen MR) is 335 cm³/mol. The van der Waals surface area contributed by atoms with Gasteiger partial charge < -0.3 is 20.1 Å². The fraction of sp³-hybridized carbons (Fsp3) is 0.912. The third-order valence-electron chi connectivity index (χ3n) is 15.6. The van der Waals surface area contributed by atoms with E-state index in [9.17, 15) is 19.0 Å². The Kier molecular flexibility index (Phi) is 63.4. The summed E-state index contributed by atoms with van der Waals surface area (Å²) in [4.78, 5) is 35.2. The first-order valence-corrected chi connectivity index (χ1v) is 35.8. The molecule has 0 aliphatic carbocycles. The van der Waals surface area contributed by atoms with Gasteiger partial charge in [-0.25, -0.2) is 4.57 Å². The molecule has 10 heteroatoms. The zero-order valence-corrected chi connectivity index (χ0v) is 52.8. The quantitative estimate of drug-likeness (QED) is 0.0264. The van der Waals surface area contributed by atoms with Crippen molar-refractivity contribution in [1.29, 1.82) is 0 Å². The Morgan fingerprint density at radius 2 is 0.628 bits per heavy atom. The lowest BCUT2D eigenvalue weighted by Gasteiger charge is -2.19. The molecule has 9 nitrogen and oxygen atoms in total. The number of esters is 2. The highest BCUT2D eigenvalue weighted by Crippen LogP contribution is 2.43. The molecule has 2 atom stereocenters. The molecule has 462 valence electrons. The molecule has 2 unspecified atom stereocenters. The average molecular weight is 1120 g/mol. The second-order valence-electron chi connectivity index (χ2n) is 23.4. The van der Waals surface area contributed by atoms with E-state index in [1.165, 1.54) is 302 Å². The topological polar surface area (TPSA) is 134 Å². The summed E-state index contributed by atoms with van der Waals surface area (Å²) in [5.74, 6) is -0.813. The maximum absolute atomic E-state index is 12.7. The van der Waals surface area contributed by atoms with Crippen molar-refractivity contribution in [2.75, 3.05) is 26.4 Å². The summed E-state index contributed by atoms with van der Waals surface area (Å²) >= 11 is 0. The van der Waals surface area contributed by atoms with E-state index in [1.54, 1.807) is 0 Å². The largest absolute Gasteiger partial charge is 0.472 e. The van der Waals surface area contributed by atoms with Crippen molar-refractivity contribution in [2.45, 2.75) is 373 Å². The lowest BCUT2D eigenvalue weighted by atomic mass is 10.0. The first-order valence-electron chi connectivity index (χ1n) is 34.3. The summed E-state index contributed by atoms with van der Waals surface area (Å²) in [6.07, 6.45) is 78.6. The molecule has 0 aromatic rings. The second-order valence-corrected chi connectivity index (χ2v) is 24.8. The molecule has 0 bridgehead atoms. The molecule has 0 amide bonds. The van der Waals surface area contributed by atoms with Gasteiger partial charge >= 0.3 is 19.8 Å². The maximum atomic E-state index is 12.7. The van der Waals surface area contributed by atoms with Crippen molar-refractivity contribution < 1.29 is 37.6 Å². The lowest BCUT2D eigenvalue weighted by Crippen LogP contribution is -2.29. The number of carbonyl (C=O) groups excluding carboxylic acids is 2. The van der Waals surface area contributed by atoms with E-state index in [-0.39, 0.29) is 38.6 Å². The molecule has 0 aliphatic heterocycles. The number of allylic oxidation sites excluding steroid dienone is 4. The van der Waals surface area contributed by atoms with E-state index in [0.717, 1.165) is 32.1 Å². The molecule has 0 heterocycles. The van der Waals surface area contributed by atoms with Crippen LogP contribution >= 0.6 is 7.82 Å². The van der Waals surface area contributed by atoms with Crippen molar-refractivity contribution in [2.24, 2.45) is 5.73 Å². The van der Waals surface area contributed by atoms with Gasteiger partial charge in [-0.15, -0.1) is 0 Å². The molecular formula is C68H132NO8P. The van der Waals surface area contributed by atoms with Gasteiger partial charge in [-0.1, -0.05) is 314 Å². The highest BCUT2D eigenvalue weighted by Gasteiger charge is 2.26. The smallest absolute Gasteiger partial charge is 0.462 e. The van der Waals surface area contributed by atoms with Crippen LogP contribution in [0.3, 0.4) is 0 Å². The minimum absolute atomic E-state index is 0.0557. The summed E-state index contributed by atoms with van der Waals surface area (Å²) in [7, 11) is -4.39. The average Bonchev–Trinajstić information content (AvgIpc) is 3.43. The summed E-state index contributed by atoms with van der Waals surface area (Å²) in [5.41, 5.74) is 5.39. The van der Waals surface area contributed by atoms with Crippen molar-refractivity contribution in [3.63, 3.8) is 0 Å². The normalized spacial score (nSPS) is 13.0. The van der Waals surface area contributed by atoms with Gasteiger partial charge in [0.1, 0.15) is 6.61 Å². The molecule has 0 aromatic heterocycles. The van der Waals surface area contributed by atoms with Gasteiger partial charge in [-0.3, -0.25) is 18.6 Å². The molecule has 3 N–H and O–H groups in total. The van der Waals surface area contributed by atoms with E-state index < -0.39 is 26.5 Å². The molecule has 0 radical (unpaired) electrons. The number of unbranched alkanes of at least 4 members (excludes halogenated alkanes) is 49. The molecule has 0 rings (SSSR count). The first-order chi connectivity index (χ1) is 38.3. The van der Waals surface area contributed by atoms with Crippen LogP contribution in [0.25, 0.3) is 0 Å². The zero-order chi connectivity index (χ0) is 56.6. The van der Waals surface area contributed by atoms with Crippen LogP contribution in [-0.2, 0) is 32.7 Å². The Hall–Kier alpha value is -1.51. The molecule has 0 aliphatic rings. The number of phosphoric ester groups is 1. The maximum Gasteiger partial charge on any atom is 0.472 e. The number of ether oxygens (including phenoxy) is 2. The highest BCUT2D eigenvalue weighted by molar-refractivity contribution is 7.47. The molecule has 78 heavy (non-hydrogen) atoms. The van der Waals surface area contributed by atoms with E-state index >= 15 is 0 Å². The number of hydrogen-bond acceptors (Lipinski definition) is 8. The number of rotatable bonds is 66. The van der Waals surface area contributed by atoms with Crippen molar-refractivity contribution in [3.05, 3.63) is 24.3 Å². The van der Waals surface area contributed by atoms with E-state index in [1.807, 2.05) is 0 Å². The molecule has 0 saturated carbocycles. The van der Waals surface area contributed by atoms with Crippen LogP contribution in [0.2, 0.25) is 0 Å². The van der Waals surface area contributed by atoms with Crippen LogP contribution in [0.4, 0.5) is 0 Å². The van der Waals surface area contributed by atoms with Crippen molar-refractivity contribution in [3.8, 4) is 0 Å². The zero-order valence-electron chi connectivity index (χ0n) is 51.9. The van der Waals surface area contributed by atoms with Crippen LogP contribution in [0.1, 0.15) is 367 Å². The minimum Gasteiger partial charge on any atom is -0.462 e. The Morgan fingerprint density at radius 3 is 0.910 bits per heavy atom. The monoisotopic (exact) mass is 1120 g/mol. The molecule has 0 spiro atoms. The number of phosphoric acid groups is 1. The minimum atomic E-state index is -4.39. The third-order valence-corrected chi connectivity index (χ3v) is 16.5. The Bertz CT molecular complexity index is 1330. The summed E-state index contributed by atoms with van der Waals surface area (Å²) in [5, 5.41) is 0. The lowest BCUT2D eigenvalue weighted by molar-refractivity contribution is -0.161. The predicted octanol–water partition coefficient (Wildman–Crippen LogP) is 22.1. The summed E-state index contributed by atoms with van der Waals surface area (Å²) in [6, 6.07) is 0. The Morgan fingerprint density at radius 1 is 0.372 bits per heavy atom. The molecule has 0 aromatic carbocycles. The summed E-state index contributed by atoms with van der Waals surface area (Å²) < 4.78 is 33.1. The standard InChI is InChI=1S/C68H132NO8P/c1-3-5-7-9-11-13-15-17-19-21-23-24-25-26-27-28-29-30-31-32-33-34-35-36-37-38-39-40-41-42-43-45-47-49-51-53-55-57-59-61-68(71)77-66(65-76-78(72,73)75-63-62-69)64-74-67(70)60-58-56-54-52-50-48-46-44-22-20-18-16-14-12-10-8-6-4-2/h20-23,66H,3-19,24-65,69H2,1-2H3,(H,72,73)/b22-20-,23-21-. The molecule has 0 fully saturated rings. The Balaban J connectivity index is 3.74. The van der Waals surface area contributed by atoms with Crippen LogP contribution in [-0.4, -0.2) is 49.3 Å². The Labute approximate surface area is 484 Å². The van der Waals surface area contributed by atoms with Gasteiger partial charge in [0.2, 0.25) is 0 Å². The first kappa shape index (κ1) is 76.5. The van der Waals surface area contributed by atoms with Crippen LogP contribution in [0.5, 0.6) is 0 Å². The van der Waals surface area contributed by atoms with Gasteiger partial charge in [0.15, 0.2) is 6.10 Å². The fourth-order valence-electron chi connectivity index (χ4n) is 10.5. The van der Waals surface area contributed by atoms with Crippen LogP contribution in [0, 0.1) is 0 Å². The van der Waals surface area contributed by atoms with Crippen LogP contribution in [0.15, 0.2) is 24.3 Å². The second kappa shape index (κ2) is 64.7. The fourth-order valence-corrected chi connectivity index (χ4v) is 11.2. The molecule has 0 saturated heterocycles. The van der Waals surface area contributed by atoms with Gasteiger partial charge in [-0.2, -0.15) is 0 Å². The number of carbonyl (C=O) groups is 2. The van der Waals surface area contributed by atoms with Gasteiger partial charge in [0.05, 0.1) is 13.2 Å². The number of nitrogens with two attached hydrogens (primary N) is 1. The van der Waals surface area contributed by atoms with E-state index in [0.29, 0.717) is 6.42 Å².